The molecule has 2 aromatic carbocycles. The van der Waals surface area contributed by atoms with Crippen LogP contribution >= 0.6 is 11.6 Å². The number of halogens is 5. The fraction of sp³-hybridized carbons (Fsp3) is 0.429. The van der Waals surface area contributed by atoms with E-state index in [1.165, 1.54) is 0 Å². The molecule has 146 valence electrons. The molecule has 0 N–H and O–H groups in total. The van der Waals surface area contributed by atoms with E-state index in [0.717, 1.165) is 48.6 Å². The Morgan fingerprint density at radius 2 is 1.85 bits per heavy atom. The van der Waals surface area contributed by atoms with E-state index >= 15 is 0 Å². The Balaban J connectivity index is 2.13. The molecule has 1 aliphatic rings. The maximum absolute atomic E-state index is 14.6. The van der Waals surface area contributed by atoms with Gasteiger partial charge in [0.25, 0.3) is 0 Å². The van der Waals surface area contributed by atoms with Crippen LogP contribution in [0.2, 0.25) is 0 Å². The first-order valence-electron chi connectivity index (χ1n) is 8.85. The maximum atomic E-state index is 14.6. The van der Waals surface area contributed by atoms with Gasteiger partial charge in [0.05, 0.1) is 0 Å². The molecule has 0 heterocycles. The number of rotatable bonds is 4. The molecule has 1 saturated carbocycles. The maximum Gasteiger partial charge on any atom is 0.573 e. The summed E-state index contributed by atoms with van der Waals surface area (Å²) < 4.78 is 56.3. The lowest BCUT2D eigenvalue weighted by molar-refractivity contribution is -0.274. The van der Waals surface area contributed by atoms with Crippen molar-refractivity contribution in [2.45, 2.75) is 51.3 Å². The molecule has 2 aromatic rings. The standard InChI is InChI=1S/C21H21ClF4O/c1-20(2)9-3-4-18(20)16-10-13(12-22)5-7-15(16)17-11-14(6-8-19(17)23)27-21(24,25)26/h5-8,10-11,18H,3-4,9,12H2,1-2H3. The van der Waals surface area contributed by atoms with Crippen molar-refractivity contribution in [2.24, 2.45) is 5.41 Å². The third-order valence-electron chi connectivity index (χ3n) is 5.36. The quantitative estimate of drug-likeness (QED) is 0.383. The van der Waals surface area contributed by atoms with Gasteiger partial charge in [-0.2, -0.15) is 0 Å². The molecule has 0 amide bonds. The van der Waals surface area contributed by atoms with Crippen LogP contribution in [-0.2, 0) is 5.88 Å². The zero-order valence-corrected chi connectivity index (χ0v) is 15.9. The van der Waals surface area contributed by atoms with Crippen molar-refractivity contribution in [3.63, 3.8) is 0 Å². The molecule has 0 bridgehead atoms. The highest BCUT2D eigenvalue weighted by Gasteiger charge is 2.37. The molecule has 1 nitrogen and oxygen atoms in total. The van der Waals surface area contributed by atoms with Crippen molar-refractivity contribution < 1.29 is 22.3 Å². The van der Waals surface area contributed by atoms with E-state index < -0.39 is 17.9 Å². The molecule has 0 spiro atoms. The van der Waals surface area contributed by atoms with E-state index in [-0.39, 0.29) is 16.9 Å². The molecule has 6 heteroatoms. The number of hydrogen-bond donors (Lipinski definition) is 0. The van der Waals surface area contributed by atoms with Crippen LogP contribution in [0, 0.1) is 11.2 Å². The second kappa shape index (κ2) is 7.34. The fourth-order valence-corrected chi connectivity index (χ4v) is 4.21. The molecule has 0 aliphatic heterocycles. The highest BCUT2D eigenvalue weighted by molar-refractivity contribution is 6.17. The topological polar surface area (TPSA) is 9.23 Å². The van der Waals surface area contributed by atoms with Gasteiger partial charge in [0.1, 0.15) is 11.6 Å². The van der Waals surface area contributed by atoms with Gasteiger partial charge in [0.15, 0.2) is 0 Å². The molecule has 1 atom stereocenters. The first-order chi connectivity index (χ1) is 12.6. The predicted octanol–water partition coefficient (Wildman–Crippen LogP) is 7.42. The van der Waals surface area contributed by atoms with Gasteiger partial charge in [0, 0.05) is 11.4 Å². The SMILES string of the molecule is CC1(C)CCCC1c1cc(CCl)ccc1-c1cc(OC(F)(F)F)ccc1F. The summed E-state index contributed by atoms with van der Waals surface area (Å²) in [6.45, 7) is 4.34. The van der Waals surface area contributed by atoms with Crippen molar-refractivity contribution >= 4 is 11.6 Å². The number of ether oxygens (including phenoxy) is 1. The number of hydrogen-bond acceptors (Lipinski definition) is 1. The van der Waals surface area contributed by atoms with Crippen molar-refractivity contribution in [1.29, 1.82) is 0 Å². The second-order valence-electron chi connectivity index (χ2n) is 7.68. The van der Waals surface area contributed by atoms with E-state index in [1.807, 2.05) is 6.07 Å². The van der Waals surface area contributed by atoms with Crippen LogP contribution in [0.25, 0.3) is 11.1 Å². The van der Waals surface area contributed by atoms with Crippen LogP contribution in [0.5, 0.6) is 5.75 Å². The van der Waals surface area contributed by atoms with Gasteiger partial charge in [0.2, 0.25) is 0 Å². The minimum absolute atomic E-state index is 0.0240. The van der Waals surface area contributed by atoms with E-state index in [1.54, 1.807) is 12.1 Å². The summed E-state index contributed by atoms with van der Waals surface area (Å²) in [6.07, 6.45) is -1.77. The summed E-state index contributed by atoms with van der Waals surface area (Å²) >= 11 is 5.99. The molecule has 1 fully saturated rings. The van der Waals surface area contributed by atoms with Crippen LogP contribution in [0.1, 0.15) is 50.2 Å². The lowest BCUT2D eigenvalue weighted by atomic mass is 9.75. The van der Waals surface area contributed by atoms with Gasteiger partial charge in [-0.3, -0.25) is 0 Å². The largest absolute Gasteiger partial charge is 0.573 e. The van der Waals surface area contributed by atoms with Gasteiger partial charge in [-0.1, -0.05) is 38.5 Å². The molecule has 1 unspecified atom stereocenters. The molecular formula is C21H21ClF4O. The third kappa shape index (κ3) is 4.40. The highest BCUT2D eigenvalue weighted by atomic mass is 35.5. The molecule has 0 radical (unpaired) electrons. The number of benzene rings is 2. The van der Waals surface area contributed by atoms with Gasteiger partial charge < -0.3 is 4.74 Å². The van der Waals surface area contributed by atoms with Crippen molar-refractivity contribution in [3.8, 4) is 16.9 Å². The molecule has 3 rings (SSSR count). The van der Waals surface area contributed by atoms with Crippen molar-refractivity contribution in [1.82, 2.24) is 0 Å². The molecule has 0 saturated heterocycles. The lowest BCUT2D eigenvalue weighted by Crippen LogP contribution is -2.17. The predicted molar refractivity (Wildman–Crippen MR) is 98.4 cm³/mol. The van der Waals surface area contributed by atoms with E-state index in [9.17, 15) is 17.6 Å². The van der Waals surface area contributed by atoms with Gasteiger partial charge >= 0.3 is 6.36 Å². The van der Waals surface area contributed by atoms with Gasteiger partial charge in [-0.25, -0.2) is 4.39 Å². The van der Waals surface area contributed by atoms with Crippen LogP contribution in [0.15, 0.2) is 36.4 Å². The van der Waals surface area contributed by atoms with Crippen LogP contribution < -0.4 is 4.74 Å². The second-order valence-corrected chi connectivity index (χ2v) is 7.95. The molecule has 1 aliphatic carbocycles. The van der Waals surface area contributed by atoms with Crippen LogP contribution in [-0.4, -0.2) is 6.36 Å². The minimum Gasteiger partial charge on any atom is -0.406 e. The smallest absolute Gasteiger partial charge is 0.406 e. The zero-order valence-electron chi connectivity index (χ0n) is 15.2. The molecular weight excluding hydrogens is 380 g/mol. The summed E-state index contributed by atoms with van der Waals surface area (Å²) in [7, 11) is 0. The van der Waals surface area contributed by atoms with E-state index in [2.05, 4.69) is 18.6 Å². The average molecular weight is 401 g/mol. The normalized spacial score (nSPS) is 19.3. The Kier molecular flexibility index (Phi) is 5.44. The summed E-state index contributed by atoms with van der Waals surface area (Å²) in [5, 5.41) is 0. The van der Waals surface area contributed by atoms with Gasteiger partial charge in [-0.15, -0.1) is 24.8 Å². The van der Waals surface area contributed by atoms with E-state index in [0.29, 0.717) is 11.4 Å². The summed E-state index contributed by atoms with van der Waals surface area (Å²) in [5.41, 5.74) is 2.56. The minimum atomic E-state index is -4.83. The first-order valence-corrected chi connectivity index (χ1v) is 9.38. The Hall–Kier alpha value is -1.75. The average Bonchev–Trinajstić information content (AvgIpc) is 2.94. The number of alkyl halides is 4. The van der Waals surface area contributed by atoms with E-state index in [4.69, 9.17) is 11.6 Å². The Labute approximate surface area is 161 Å². The monoisotopic (exact) mass is 400 g/mol. The fourth-order valence-electron chi connectivity index (χ4n) is 4.04. The summed E-state index contributed by atoms with van der Waals surface area (Å²) in [4.78, 5) is 0. The van der Waals surface area contributed by atoms with Gasteiger partial charge in [-0.05, 0) is 59.1 Å². The summed E-state index contributed by atoms with van der Waals surface area (Å²) in [5.74, 6) is -0.514. The Bertz CT molecular complexity index is 829. The first kappa shape index (κ1) is 20.0. The van der Waals surface area contributed by atoms with Crippen molar-refractivity contribution in [2.75, 3.05) is 0 Å². The lowest BCUT2D eigenvalue weighted by Gasteiger charge is -2.30. The highest BCUT2D eigenvalue weighted by Crippen LogP contribution is 2.51. The van der Waals surface area contributed by atoms with Crippen LogP contribution in [0.3, 0.4) is 0 Å². The molecule has 27 heavy (non-hydrogen) atoms. The molecule has 0 aromatic heterocycles. The zero-order chi connectivity index (χ0) is 19.8. The van der Waals surface area contributed by atoms with Crippen LogP contribution in [0.4, 0.5) is 17.6 Å². The van der Waals surface area contributed by atoms with Crippen molar-refractivity contribution in [3.05, 3.63) is 53.3 Å². The third-order valence-corrected chi connectivity index (χ3v) is 5.67. The Morgan fingerprint density at radius 3 is 2.44 bits per heavy atom. The Morgan fingerprint density at radius 1 is 1.11 bits per heavy atom. The summed E-state index contributed by atoms with van der Waals surface area (Å²) in [6, 6.07) is 8.59.